The van der Waals surface area contributed by atoms with E-state index in [0.29, 0.717) is 6.42 Å². The third-order valence-corrected chi connectivity index (χ3v) is 4.23. The Hall–Kier alpha value is -1.80. The molecule has 2 nitrogen and oxygen atoms in total. The Morgan fingerprint density at radius 2 is 1.95 bits per heavy atom. The van der Waals surface area contributed by atoms with E-state index in [-0.39, 0.29) is 11.7 Å². The van der Waals surface area contributed by atoms with Crippen LogP contribution in [-0.4, -0.2) is 10.8 Å². The van der Waals surface area contributed by atoms with Gasteiger partial charge in [-0.1, -0.05) is 35.9 Å². The van der Waals surface area contributed by atoms with Crippen LogP contribution in [0.1, 0.15) is 41.8 Å². The molecule has 0 fully saturated rings. The van der Waals surface area contributed by atoms with Gasteiger partial charge in [0, 0.05) is 35.2 Å². The average molecular weight is 300 g/mol. The minimum atomic E-state index is 0.0744. The van der Waals surface area contributed by atoms with Crippen molar-refractivity contribution in [2.45, 2.75) is 32.1 Å². The number of aromatic amines is 1. The van der Waals surface area contributed by atoms with Gasteiger partial charge in [-0.05, 0) is 42.7 Å². The van der Waals surface area contributed by atoms with Crippen molar-refractivity contribution in [3.8, 4) is 0 Å². The Kier molecular flexibility index (Phi) is 3.98. The number of Topliss-reactive ketones (excluding diaryl/α,β-unsaturated/α-hetero) is 1. The maximum absolute atomic E-state index is 11.7. The van der Waals surface area contributed by atoms with E-state index in [9.17, 15) is 4.79 Å². The van der Waals surface area contributed by atoms with Crippen molar-refractivity contribution in [1.82, 2.24) is 4.98 Å². The maximum Gasteiger partial charge on any atom is 0.130 e. The lowest BCUT2D eigenvalue weighted by atomic mass is 9.91. The van der Waals surface area contributed by atoms with Gasteiger partial charge in [0.2, 0.25) is 0 Å². The minimum Gasteiger partial charge on any atom is -0.361 e. The predicted molar refractivity (Wildman–Crippen MR) is 85.9 cm³/mol. The highest BCUT2D eigenvalue weighted by Gasteiger charge is 2.20. The fraction of sp³-hybridized carbons (Fsp3) is 0.278. The zero-order valence-corrected chi connectivity index (χ0v) is 12.8. The molecule has 1 aliphatic rings. The Balaban J connectivity index is 1.97. The van der Waals surface area contributed by atoms with Crippen LogP contribution in [0.15, 0.2) is 42.5 Å². The van der Waals surface area contributed by atoms with Gasteiger partial charge in [-0.3, -0.25) is 4.79 Å². The van der Waals surface area contributed by atoms with Gasteiger partial charge in [0.15, 0.2) is 0 Å². The molecule has 0 aliphatic heterocycles. The SMILES string of the molecule is CC(=O)C[C@H](c1ccc(Cl)cc1)c1cc2c([nH]1)CC=CC2. The Labute approximate surface area is 129 Å². The van der Waals surface area contributed by atoms with Gasteiger partial charge in [0.05, 0.1) is 0 Å². The molecule has 1 heterocycles. The fourth-order valence-electron chi connectivity index (χ4n) is 2.92. The van der Waals surface area contributed by atoms with Crippen LogP contribution in [0, 0.1) is 0 Å². The normalized spacial score (nSPS) is 14.8. The van der Waals surface area contributed by atoms with Crippen LogP contribution in [0.4, 0.5) is 0 Å². The van der Waals surface area contributed by atoms with E-state index in [4.69, 9.17) is 11.6 Å². The molecule has 0 saturated carbocycles. The number of H-pyrrole nitrogens is 1. The molecule has 0 bridgehead atoms. The standard InChI is InChI=1S/C18H18ClNO/c1-12(21)10-16(13-6-8-15(19)9-7-13)18-11-14-4-2-3-5-17(14)20-18/h2-3,6-9,11,16,20H,4-5,10H2,1H3/t16-/m1/s1. The van der Waals surface area contributed by atoms with Crippen LogP contribution in [0.5, 0.6) is 0 Å². The van der Waals surface area contributed by atoms with Gasteiger partial charge in [-0.15, -0.1) is 0 Å². The van der Waals surface area contributed by atoms with E-state index in [1.807, 2.05) is 24.3 Å². The van der Waals surface area contributed by atoms with Crippen molar-refractivity contribution in [1.29, 1.82) is 0 Å². The second-order valence-electron chi connectivity index (χ2n) is 5.62. The van der Waals surface area contributed by atoms with Gasteiger partial charge in [-0.25, -0.2) is 0 Å². The predicted octanol–water partition coefficient (Wildman–Crippen LogP) is 4.43. The van der Waals surface area contributed by atoms with Gasteiger partial charge >= 0.3 is 0 Å². The number of nitrogens with one attached hydrogen (secondary N) is 1. The zero-order chi connectivity index (χ0) is 14.8. The van der Waals surface area contributed by atoms with Crippen molar-refractivity contribution < 1.29 is 4.79 Å². The minimum absolute atomic E-state index is 0.0744. The van der Waals surface area contributed by atoms with Crippen LogP contribution >= 0.6 is 11.6 Å². The molecule has 0 unspecified atom stereocenters. The Morgan fingerprint density at radius 3 is 2.62 bits per heavy atom. The molecule has 3 rings (SSSR count). The first-order chi connectivity index (χ1) is 10.1. The van der Waals surface area contributed by atoms with Crippen molar-refractivity contribution in [3.05, 3.63) is 70.0 Å². The van der Waals surface area contributed by atoms with Crippen LogP contribution in [0.2, 0.25) is 5.02 Å². The summed E-state index contributed by atoms with van der Waals surface area (Å²) in [6.45, 7) is 1.65. The van der Waals surface area contributed by atoms with Gasteiger partial charge < -0.3 is 4.98 Å². The molecule has 1 atom stereocenters. The number of allylic oxidation sites excluding steroid dienone is 2. The molecule has 1 aromatic carbocycles. The molecule has 1 aromatic heterocycles. The fourth-order valence-corrected chi connectivity index (χ4v) is 3.04. The molecular weight excluding hydrogens is 282 g/mol. The highest BCUT2D eigenvalue weighted by atomic mass is 35.5. The second-order valence-corrected chi connectivity index (χ2v) is 6.05. The number of halogens is 1. The number of rotatable bonds is 4. The van der Waals surface area contributed by atoms with Crippen molar-refractivity contribution in [2.75, 3.05) is 0 Å². The zero-order valence-electron chi connectivity index (χ0n) is 12.0. The summed E-state index contributed by atoms with van der Waals surface area (Å²) in [5, 5.41) is 0.718. The summed E-state index contributed by atoms with van der Waals surface area (Å²) in [6, 6.07) is 9.99. The van der Waals surface area contributed by atoms with E-state index in [2.05, 4.69) is 23.2 Å². The van der Waals surface area contributed by atoms with Crippen LogP contribution in [-0.2, 0) is 17.6 Å². The van der Waals surface area contributed by atoms with E-state index < -0.39 is 0 Å². The summed E-state index contributed by atoms with van der Waals surface area (Å²) in [5.41, 5.74) is 4.87. The molecule has 3 heteroatoms. The number of benzene rings is 1. The molecule has 0 spiro atoms. The molecule has 108 valence electrons. The third kappa shape index (κ3) is 3.11. The summed E-state index contributed by atoms with van der Waals surface area (Å²) < 4.78 is 0. The van der Waals surface area contributed by atoms with Crippen LogP contribution < -0.4 is 0 Å². The lowest BCUT2D eigenvalue weighted by Gasteiger charge is -2.15. The molecule has 21 heavy (non-hydrogen) atoms. The number of fused-ring (bicyclic) bond motifs is 1. The molecular formula is C18H18ClNO. The van der Waals surface area contributed by atoms with E-state index in [0.717, 1.165) is 29.1 Å². The number of carbonyl (C=O) groups excluding carboxylic acids is 1. The molecule has 0 radical (unpaired) electrons. The summed E-state index contributed by atoms with van der Waals surface area (Å²) in [7, 11) is 0. The smallest absolute Gasteiger partial charge is 0.130 e. The Morgan fingerprint density at radius 1 is 1.24 bits per heavy atom. The van der Waals surface area contributed by atoms with Crippen LogP contribution in [0.25, 0.3) is 0 Å². The maximum atomic E-state index is 11.7. The molecule has 0 saturated heterocycles. The molecule has 1 aliphatic carbocycles. The lowest BCUT2D eigenvalue weighted by molar-refractivity contribution is -0.117. The van der Waals surface area contributed by atoms with Crippen molar-refractivity contribution in [2.24, 2.45) is 0 Å². The summed E-state index contributed by atoms with van der Waals surface area (Å²) in [5.74, 6) is 0.269. The summed E-state index contributed by atoms with van der Waals surface area (Å²) in [6.07, 6.45) is 6.81. The van der Waals surface area contributed by atoms with E-state index in [1.54, 1.807) is 6.92 Å². The quantitative estimate of drug-likeness (QED) is 0.832. The van der Waals surface area contributed by atoms with Gasteiger partial charge in [0.1, 0.15) is 5.78 Å². The first-order valence-electron chi connectivity index (χ1n) is 7.24. The average Bonchev–Trinajstić information content (AvgIpc) is 2.89. The number of hydrogen-bond donors (Lipinski definition) is 1. The number of ketones is 1. The Bertz CT molecular complexity index is 656. The molecule has 0 amide bonds. The number of carbonyl (C=O) groups is 1. The van der Waals surface area contributed by atoms with E-state index >= 15 is 0 Å². The first kappa shape index (κ1) is 14.2. The first-order valence-corrected chi connectivity index (χ1v) is 7.62. The molecule has 1 N–H and O–H groups in total. The summed E-state index contributed by atoms with van der Waals surface area (Å²) >= 11 is 5.97. The summed E-state index contributed by atoms with van der Waals surface area (Å²) in [4.78, 5) is 15.2. The third-order valence-electron chi connectivity index (χ3n) is 3.98. The number of hydrogen-bond acceptors (Lipinski definition) is 1. The monoisotopic (exact) mass is 299 g/mol. The van der Waals surface area contributed by atoms with E-state index in [1.165, 1.54) is 11.3 Å². The van der Waals surface area contributed by atoms with Gasteiger partial charge in [0.25, 0.3) is 0 Å². The largest absolute Gasteiger partial charge is 0.361 e. The highest BCUT2D eigenvalue weighted by Crippen LogP contribution is 2.31. The number of aromatic nitrogens is 1. The topological polar surface area (TPSA) is 32.9 Å². The second kappa shape index (κ2) is 5.90. The van der Waals surface area contributed by atoms with Crippen molar-refractivity contribution >= 4 is 17.4 Å². The highest BCUT2D eigenvalue weighted by molar-refractivity contribution is 6.30. The molecule has 2 aromatic rings. The lowest BCUT2D eigenvalue weighted by Crippen LogP contribution is -2.06. The van der Waals surface area contributed by atoms with Crippen LogP contribution in [0.3, 0.4) is 0 Å². The van der Waals surface area contributed by atoms with Crippen molar-refractivity contribution in [3.63, 3.8) is 0 Å². The van der Waals surface area contributed by atoms with Gasteiger partial charge in [-0.2, -0.15) is 0 Å².